The lowest BCUT2D eigenvalue weighted by atomic mass is 10.1. The molecule has 0 amide bonds. The minimum absolute atomic E-state index is 0.278. The van der Waals surface area contributed by atoms with Gasteiger partial charge in [-0.25, -0.2) is 9.78 Å². The Labute approximate surface area is 175 Å². The number of imidazole rings is 1. The van der Waals surface area contributed by atoms with Crippen LogP contribution in [0.5, 0.6) is 0 Å². The summed E-state index contributed by atoms with van der Waals surface area (Å²) in [4.78, 5) is 18.5. The molecular formula is C25H23N3O2. The molecule has 0 fully saturated rings. The first kappa shape index (κ1) is 19.5. The van der Waals surface area contributed by atoms with Gasteiger partial charge in [-0.2, -0.15) is 0 Å². The number of carbonyl (C=O) groups is 1. The van der Waals surface area contributed by atoms with E-state index in [1.807, 2.05) is 67.5 Å². The first-order valence-electron chi connectivity index (χ1n) is 9.76. The molecule has 0 saturated carbocycles. The van der Waals surface area contributed by atoms with Crippen LogP contribution in [0, 0.1) is 0 Å². The minimum atomic E-state index is -0.938. The zero-order chi connectivity index (χ0) is 21.1. The van der Waals surface area contributed by atoms with Crippen molar-refractivity contribution in [3.63, 3.8) is 0 Å². The van der Waals surface area contributed by atoms with Gasteiger partial charge in [-0.1, -0.05) is 72.8 Å². The Hall–Kier alpha value is -3.86. The second kappa shape index (κ2) is 8.25. The van der Waals surface area contributed by atoms with Crippen LogP contribution in [-0.2, 0) is 13.6 Å². The van der Waals surface area contributed by atoms with Crippen molar-refractivity contribution in [1.82, 2.24) is 9.55 Å². The number of aromatic nitrogens is 2. The summed E-state index contributed by atoms with van der Waals surface area (Å²) in [5.74, 6) is -0.0809. The second-order valence-electron chi connectivity index (χ2n) is 7.19. The molecule has 0 atom stereocenters. The summed E-state index contributed by atoms with van der Waals surface area (Å²) in [6.45, 7) is 0.480. The molecule has 150 valence electrons. The molecule has 5 nitrogen and oxygen atoms in total. The highest BCUT2D eigenvalue weighted by atomic mass is 16.4. The molecule has 5 heteroatoms. The molecule has 0 aliphatic heterocycles. The van der Waals surface area contributed by atoms with Crippen LogP contribution >= 0.6 is 0 Å². The summed E-state index contributed by atoms with van der Waals surface area (Å²) in [7, 11) is 3.90. The Balaban J connectivity index is 1.79. The lowest BCUT2D eigenvalue weighted by Gasteiger charge is -2.21. The molecule has 0 radical (unpaired) electrons. The van der Waals surface area contributed by atoms with Crippen LogP contribution in [-0.4, -0.2) is 27.7 Å². The molecule has 4 aromatic rings. The normalized spacial score (nSPS) is 10.7. The van der Waals surface area contributed by atoms with E-state index < -0.39 is 5.97 Å². The van der Waals surface area contributed by atoms with Crippen LogP contribution in [0.3, 0.4) is 0 Å². The number of hydrogen-bond donors (Lipinski definition) is 1. The number of rotatable bonds is 6. The van der Waals surface area contributed by atoms with Gasteiger partial charge in [-0.15, -0.1) is 0 Å². The van der Waals surface area contributed by atoms with E-state index in [9.17, 15) is 9.90 Å². The van der Waals surface area contributed by atoms with Gasteiger partial charge in [0.05, 0.1) is 29.2 Å². The molecule has 4 rings (SSSR count). The number of hydrogen-bond acceptors (Lipinski definition) is 3. The van der Waals surface area contributed by atoms with Crippen molar-refractivity contribution in [2.45, 2.75) is 6.54 Å². The predicted molar refractivity (Wildman–Crippen MR) is 120 cm³/mol. The van der Waals surface area contributed by atoms with E-state index in [1.54, 1.807) is 12.1 Å². The van der Waals surface area contributed by atoms with E-state index in [4.69, 9.17) is 4.98 Å². The van der Waals surface area contributed by atoms with Crippen molar-refractivity contribution in [2.75, 3.05) is 11.9 Å². The highest BCUT2D eigenvalue weighted by molar-refractivity contribution is 5.94. The van der Waals surface area contributed by atoms with Crippen molar-refractivity contribution in [3.05, 3.63) is 96.3 Å². The molecule has 0 spiro atoms. The highest BCUT2D eigenvalue weighted by Crippen LogP contribution is 2.33. The molecular weight excluding hydrogens is 374 g/mol. The smallest absolute Gasteiger partial charge is 0.337 e. The van der Waals surface area contributed by atoms with E-state index in [0.717, 1.165) is 28.3 Å². The van der Waals surface area contributed by atoms with Gasteiger partial charge in [-0.3, -0.25) is 0 Å². The Bertz CT molecular complexity index is 1170. The highest BCUT2D eigenvalue weighted by Gasteiger charge is 2.20. The van der Waals surface area contributed by atoms with Gasteiger partial charge in [-0.05, 0) is 12.1 Å². The standard InChI is InChI=1S/C25H23N3O2/c1-27(21-16-10-9-15-20(21)25(29)30)17-22-26-23(18-11-5-3-6-12-18)24(28(22)2)19-13-7-4-8-14-19/h3-16H,17H2,1-2H3,(H,29,30). The fourth-order valence-corrected chi connectivity index (χ4v) is 3.69. The van der Waals surface area contributed by atoms with Crippen molar-refractivity contribution < 1.29 is 9.90 Å². The van der Waals surface area contributed by atoms with Gasteiger partial charge in [0.1, 0.15) is 5.82 Å². The molecule has 1 aromatic heterocycles. The Morgan fingerprint density at radius 1 is 0.900 bits per heavy atom. The fraction of sp³-hybridized carbons (Fsp3) is 0.120. The van der Waals surface area contributed by atoms with Crippen molar-refractivity contribution >= 4 is 11.7 Å². The molecule has 1 heterocycles. The van der Waals surface area contributed by atoms with Gasteiger partial charge < -0.3 is 14.6 Å². The zero-order valence-electron chi connectivity index (χ0n) is 17.0. The SMILES string of the molecule is CN(Cc1nc(-c2ccccc2)c(-c2ccccc2)n1C)c1ccccc1C(=O)O. The van der Waals surface area contributed by atoms with E-state index in [-0.39, 0.29) is 5.56 Å². The van der Waals surface area contributed by atoms with Crippen molar-refractivity contribution in [2.24, 2.45) is 7.05 Å². The quantitative estimate of drug-likeness (QED) is 0.492. The monoisotopic (exact) mass is 397 g/mol. The number of anilines is 1. The number of carboxylic acid groups (broad SMARTS) is 1. The fourth-order valence-electron chi connectivity index (χ4n) is 3.69. The maximum absolute atomic E-state index is 11.6. The molecule has 0 saturated heterocycles. The molecule has 30 heavy (non-hydrogen) atoms. The van der Waals surface area contributed by atoms with Gasteiger partial charge in [0, 0.05) is 25.2 Å². The number of benzene rings is 3. The largest absolute Gasteiger partial charge is 0.478 e. The Morgan fingerprint density at radius 3 is 2.10 bits per heavy atom. The Morgan fingerprint density at radius 2 is 1.47 bits per heavy atom. The molecule has 0 aliphatic rings. The third kappa shape index (κ3) is 3.70. The molecule has 3 aromatic carbocycles. The average molecular weight is 397 g/mol. The lowest BCUT2D eigenvalue weighted by molar-refractivity contribution is 0.0697. The van der Waals surface area contributed by atoms with Gasteiger partial charge in [0.2, 0.25) is 0 Å². The molecule has 0 aliphatic carbocycles. The summed E-state index contributed by atoms with van der Waals surface area (Å²) in [6.07, 6.45) is 0. The van der Waals surface area contributed by atoms with Crippen molar-refractivity contribution in [3.8, 4) is 22.5 Å². The third-order valence-corrected chi connectivity index (χ3v) is 5.21. The van der Waals surface area contributed by atoms with Crippen molar-refractivity contribution in [1.29, 1.82) is 0 Å². The molecule has 1 N–H and O–H groups in total. The van der Waals surface area contributed by atoms with Crippen LogP contribution in [0.25, 0.3) is 22.5 Å². The first-order chi connectivity index (χ1) is 14.6. The van der Waals surface area contributed by atoms with Gasteiger partial charge >= 0.3 is 5.97 Å². The lowest BCUT2D eigenvalue weighted by Crippen LogP contribution is -2.21. The van der Waals surface area contributed by atoms with Crippen LogP contribution in [0.15, 0.2) is 84.9 Å². The van der Waals surface area contributed by atoms with Crippen LogP contribution < -0.4 is 4.90 Å². The van der Waals surface area contributed by atoms with E-state index in [1.165, 1.54) is 0 Å². The summed E-state index contributed by atoms with van der Waals surface area (Å²) in [5, 5.41) is 9.53. The maximum Gasteiger partial charge on any atom is 0.337 e. The summed E-state index contributed by atoms with van der Waals surface area (Å²) < 4.78 is 2.09. The maximum atomic E-state index is 11.6. The van der Waals surface area contributed by atoms with Gasteiger partial charge in [0.25, 0.3) is 0 Å². The summed E-state index contributed by atoms with van der Waals surface area (Å²) >= 11 is 0. The number of para-hydroxylation sites is 1. The minimum Gasteiger partial charge on any atom is -0.478 e. The predicted octanol–water partition coefficient (Wildman–Crippen LogP) is 5.09. The van der Waals surface area contributed by atoms with Crippen LogP contribution in [0.4, 0.5) is 5.69 Å². The average Bonchev–Trinajstić information content (AvgIpc) is 3.10. The number of nitrogens with zero attached hydrogens (tertiary/aromatic N) is 3. The van der Waals surface area contributed by atoms with Crippen LogP contribution in [0.2, 0.25) is 0 Å². The van der Waals surface area contributed by atoms with Crippen LogP contribution in [0.1, 0.15) is 16.2 Å². The molecule has 0 bridgehead atoms. The topological polar surface area (TPSA) is 58.4 Å². The second-order valence-corrected chi connectivity index (χ2v) is 7.19. The first-order valence-corrected chi connectivity index (χ1v) is 9.76. The summed E-state index contributed by atoms with van der Waals surface area (Å²) in [5.41, 5.74) is 5.03. The summed E-state index contributed by atoms with van der Waals surface area (Å²) in [6, 6.07) is 27.4. The zero-order valence-corrected chi connectivity index (χ0v) is 17.0. The Kier molecular flexibility index (Phi) is 5.35. The van der Waals surface area contributed by atoms with Gasteiger partial charge in [0.15, 0.2) is 0 Å². The third-order valence-electron chi connectivity index (χ3n) is 5.21. The van der Waals surface area contributed by atoms with E-state index in [2.05, 4.69) is 28.8 Å². The van der Waals surface area contributed by atoms with E-state index in [0.29, 0.717) is 12.2 Å². The number of aromatic carboxylic acids is 1. The molecule has 0 unspecified atom stereocenters. The number of carboxylic acids is 1. The van der Waals surface area contributed by atoms with E-state index >= 15 is 0 Å².